The van der Waals surface area contributed by atoms with E-state index >= 15 is 0 Å². The fraction of sp³-hybridized carbons (Fsp3) is 0.500. The van der Waals surface area contributed by atoms with Gasteiger partial charge in [-0.25, -0.2) is 4.39 Å². The number of hydrogen-bond acceptors (Lipinski definition) is 3. The van der Waals surface area contributed by atoms with Gasteiger partial charge in [-0.2, -0.15) is 0 Å². The summed E-state index contributed by atoms with van der Waals surface area (Å²) in [6.07, 6.45) is 0.818. The Morgan fingerprint density at radius 3 is 2.50 bits per heavy atom. The molecule has 0 fully saturated rings. The summed E-state index contributed by atoms with van der Waals surface area (Å²) in [5, 5.41) is 11.8. The Kier molecular flexibility index (Phi) is 6.34. The van der Waals surface area contributed by atoms with Crippen LogP contribution in [0.2, 0.25) is 0 Å². The minimum Gasteiger partial charge on any atom is -0.481 e. The molecule has 0 saturated heterocycles. The van der Waals surface area contributed by atoms with Crippen molar-refractivity contribution in [1.82, 2.24) is 5.32 Å². The van der Waals surface area contributed by atoms with Crippen molar-refractivity contribution in [3.05, 3.63) is 29.6 Å². The molecule has 1 aromatic rings. The second-order valence-corrected chi connectivity index (χ2v) is 5.29. The van der Waals surface area contributed by atoms with Gasteiger partial charge in [-0.3, -0.25) is 9.59 Å². The monoisotopic (exact) mass is 311 g/mol. The molecule has 0 aliphatic carbocycles. The number of carboxylic acid groups (broad SMARTS) is 1. The zero-order valence-electron chi connectivity index (χ0n) is 13.1. The summed E-state index contributed by atoms with van der Waals surface area (Å²) in [6, 6.07) is 4.38. The normalized spacial score (nSPS) is 11.1. The quantitative estimate of drug-likeness (QED) is 0.773. The van der Waals surface area contributed by atoms with Gasteiger partial charge in [0.05, 0.1) is 5.41 Å². The van der Waals surface area contributed by atoms with Gasteiger partial charge >= 0.3 is 5.97 Å². The van der Waals surface area contributed by atoms with Crippen LogP contribution in [-0.4, -0.2) is 30.1 Å². The lowest BCUT2D eigenvalue weighted by Crippen LogP contribution is -2.43. The van der Waals surface area contributed by atoms with Crippen LogP contribution >= 0.6 is 0 Å². The highest BCUT2D eigenvalue weighted by atomic mass is 19.1. The molecule has 0 atom stereocenters. The van der Waals surface area contributed by atoms with Crippen molar-refractivity contribution in [3.8, 4) is 5.75 Å². The standard InChI is InChI=1S/C16H22FNO4/c1-4-16(5-2,15(20)21)10-18-14(19)9-22-13-8-11(3)6-7-12(13)17/h6-8H,4-5,9-10H2,1-3H3,(H,18,19)(H,20,21). The number of hydrogen-bond donors (Lipinski definition) is 2. The fourth-order valence-corrected chi connectivity index (χ4v) is 2.06. The largest absolute Gasteiger partial charge is 0.481 e. The maximum atomic E-state index is 13.5. The molecule has 0 aromatic heterocycles. The molecule has 0 radical (unpaired) electrons. The Morgan fingerprint density at radius 1 is 1.32 bits per heavy atom. The van der Waals surface area contributed by atoms with E-state index in [-0.39, 0.29) is 18.9 Å². The van der Waals surface area contributed by atoms with E-state index in [9.17, 15) is 19.1 Å². The average Bonchev–Trinajstić information content (AvgIpc) is 2.49. The second-order valence-electron chi connectivity index (χ2n) is 5.29. The number of ether oxygens (including phenoxy) is 1. The summed E-state index contributed by atoms with van der Waals surface area (Å²) in [4.78, 5) is 23.1. The third kappa shape index (κ3) is 4.44. The number of nitrogens with one attached hydrogen (secondary N) is 1. The first-order valence-corrected chi connectivity index (χ1v) is 7.23. The summed E-state index contributed by atoms with van der Waals surface area (Å²) in [5.41, 5.74) is -0.164. The number of aliphatic carboxylic acids is 1. The van der Waals surface area contributed by atoms with Gasteiger partial charge in [-0.05, 0) is 37.5 Å². The number of carbonyl (C=O) groups is 2. The van der Waals surface area contributed by atoms with Crippen molar-refractivity contribution in [2.75, 3.05) is 13.2 Å². The molecule has 0 unspecified atom stereocenters. The average molecular weight is 311 g/mol. The molecule has 0 saturated carbocycles. The van der Waals surface area contributed by atoms with E-state index in [2.05, 4.69) is 5.32 Å². The minimum atomic E-state index is -0.982. The molecule has 5 nitrogen and oxygen atoms in total. The van der Waals surface area contributed by atoms with E-state index in [1.807, 2.05) is 0 Å². The van der Waals surface area contributed by atoms with Crippen LogP contribution in [0.15, 0.2) is 18.2 Å². The number of halogens is 1. The third-order valence-electron chi connectivity index (χ3n) is 3.88. The summed E-state index contributed by atoms with van der Waals surface area (Å²) < 4.78 is 18.6. The Morgan fingerprint density at radius 2 is 1.95 bits per heavy atom. The SMILES string of the molecule is CCC(CC)(CNC(=O)COc1cc(C)ccc1F)C(=O)O. The van der Waals surface area contributed by atoms with Gasteiger partial charge in [-0.15, -0.1) is 0 Å². The van der Waals surface area contributed by atoms with Crippen LogP contribution < -0.4 is 10.1 Å². The van der Waals surface area contributed by atoms with Crippen molar-refractivity contribution in [1.29, 1.82) is 0 Å². The number of carbonyl (C=O) groups excluding carboxylic acids is 1. The maximum Gasteiger partial charge on any atom is 0.311 e. The van der Waals surface area contributed by atoms with Crippen molar-refractivity contribution in [3.63, 3.8) is 0 Å². The zero-order chi connectivity index (χ0) is 16.8. The van der Waals surface area contributed by atoms with Gasteiger partial charge in [0.1, 0.15) is 0 Å². The van der Waals surface area contributed by atoms with Crippen LogP contribution in [0.25, 0.3) is 0 Å². The molecule has 122 valence electrons. The summed E-state index contributed by atoms with van der Waals surface area (Å²) in [6.45, 7) is 4.98. The molecule has 1 rings (SSSR count). The van der Waals surface area contributed by atoms with Crippen LogP contribution in [0.4, 0.5) is 4.39 Å². The number of carboxylic acids is 1. The lowest BCUT2D eigenvalue weighted by molar-refractivity contribution is -0.149. The molecule has 0 spiro atoms. The van der Waals surface area contributed by atoms with E-state index in [1.54, 1.807) is 26.8 Å². The van der Waals surface area contributed by atoms with Crippen LogP contribution in [0.3, 0.4) is 0 Å². The van der Waals surface area contributed by atoms with Crippen molar-refractivity contribution in [2.45, 2.75) is 33.6 Å². The molecule has 22 heavy (non-hydrogen) atoms. The highest BCUT2D eigenvalue weighted by molar-refractivity contribution is 5.80. The molecule has 1 amide bonds. The molecule has 0 aliphatic heterocycles. The predicted octanol–water partition coefficient (Wildman–Crippen LogP) is 2.52. The highest BCUT2D eigenvalue weighted by Crippen LogP contribution is 2.25. The number of benzene rings is 1. The fourth-order valence-electron chi connectivity index (χ4n) is 2.06. The van der Waals surface area contributed by atoms with E-state index in [0.717, 1.165) is 5.56 Å². The van der Waals surface area contributed by atoms with Gasteiger partial charge in [-0.1, -0.05) is 19.9 Å². The first-order valence-electron chi connectivity index (χ1n) is 7.23. The van der Waals surface area contributed by atoms with Crippen molar-refractivity contribution < 1.29 is 23.8 Å². The topological polar surface area (TPSA) is 75.6 Å². The van der Waals surface area contributed by atoms with Crippen molar-refractivity contribution >= 4 is 11.9 Å². The van der Waals surface area contributed by atoms with E-state index in [0.29, 0.717) is 12.8 Å². The third-order valence-corrected chi connectivity index (χ3v) is 3.88. The summed E-state index contributed by atoms with van der Waals surface area (Å²) in [7, 11) is 0. The number of rotatable bonds is 8. The predicted molar refractivity (Wildman–Crippen MR) is 80.3 cm³/mol. The Hall–Kier alpha value is -2.11. The van der Waals surface area contributed by atoms with Gasteiger partial charge in [0.15, 0.2) is 18.2 Å². The second kappa shape index (κ2) is 7.77. The first-order chi connectivity index (χ1) is 10.3. The first kappa shape index (κ1) is 17.9. The Bertz CT molecular complexity index is 541. The van der Waals surface area contributed by atoms with Gasteiger partial charge in [0, 0.05) is 6.54 Å². The molecular weight excluding hydrogens is 289 g/mol. The van der Waals surface area contributed by atoms with E-state index < -0.39 is 23.1 Å². The number of amides is 1. The zero-order valence-corrected chi connectivity index (χ0v) is 13.1. The summed E-state index contributed by atoms with van der Waals surface area (Å²) in [5.74, 6) is -1.96. The van der Waals surface area contributed by atoms with Crippen LogP contribution in [0, 0.1) is 18.2 Å². The maximum absolute atomic E-state index is 13.5. The smallest absolute Gasteiger partial charge is 0.311 e. The molecule has 0 bridgehead atoms. The van der Waals surface area contributed by atoms with Crippen LogP contribution in [0.1, 0.15) is 32.3 Å². The number of aryl methyl sites for hydroxylation is 1. The molecule has 2 N–H and O–H groups in total. The van der Waals surface area contributed by atoms with Gasteiger partial charge in [0.25, 0.3) is 5.91 Å². The molecule has 0 heterocycles. The lowest BCUT2D eigenvalue weighted by atomic mass is 9.82. The molecular formula is C16H22FNO4. The van der Waals surface area contributed by atoms with Gasteiger partial charge < -0.3 is 15.2 Å². The van der Waals surface area contributed by atoms with Crippen molar-refractivity contribution in [2.24, 2.45) is 5.41 Å². The van der Waals surface area contributed by atoms with E-state index in [4.69, 9.17) is 4.74 Å². The molecule has 1 aromatic carbocycles. The summed E-state index contributed by atoms with van der Waals surface area (Å²) >= 11 is 0. The van der Waals surface area contributed by atoms with Gasteiger partial charge in [0.2, 0.25) is 0 Å². The Balaban J connectivity index is 2.56. The molecule has 6 heteroatoms. The molecule has 0 aliphatic rings. The van der Waals surface area contributed by atoms with Crippen LogP contribution in [-0.2, 0) is 9.59 Å². The van der Waals surface area contributed by atoms with Crippen LogP contribution in [0.5, 0.6) is 5.75 Å². The Labute approximate surface area is 129 Å². The highest BCUT2D eigenvalue weighted by Gasteiger charge is 2.35. The lowest BCUT2D eigenvalue weighted by Gasteiger charge is -2.26. The van der Waals surface area contributed by atoms with E-state index in [1.165, 1.54) is 12.1 Å². The minimum absolute atomic E-state index is 0.00521.